The molecule has 0 aliphatic heterocycles. The van der Waals surface area contributed by atoms with Crippen LogP contribution in [0.15, 0.2) is 12.7 Å². The van der Waals surface area contributed by atoms with Gasteiger partial charge in [0.2, 0.25) is 0 Å². The second kappa shape index (κ2) is 11.5. The molecule has 0 aromatic heterocycles. The Kier molecular flexibility index (Phi) is 12.9. The first-order valence-corrected chi connectivity index (χ1v) is 2.98. The third-order valence-electron chi connectivity index (χ3n) is 0.549. The highest BCUT2D eigenvalue weighted by molar-refractivity contribution is 5.81. The molecule has 0 spiro atoms. The molecule has 0 bridgehead atoms. The highest BCUT2D eigenvalue weighted by Gasteiger charge is 1.86. The molecule has 11 heavy (non-hydrogen) atoms. The molecular formula is C7H12O4. The van der Waals surface area contributed by atoms with E-state index in [0.29, 0.717) is 13.1 Å². The summed E-state index contributed by atoms with van der Waals surface area (Å²) in [6, 6.07) is 0. The molecule has 0 unspecified atom stereocenters. The lowest BCUT2D eigenvalue weighted by atomic mass is 10.6. The van der Waals surface area contributed by atoms with Crippen LogP contribution in [-0.2, 0) is 19.1 Å². The minimum Gasteiger partial charge on any atom is -0.471 e. The van der Waals surface area contributed by atoms with Crippen molar-refractivity contribution >= 4 is 12.4 Å². The first-order valence-electron chi connectivity index (χ1n) is 2.98. The van der Waals surface area contributed by atoms with Crippen LogP contribution in [0.4, 0.5) is 0 Å². The Balaban J connectivity index is 0. The van der Waals surface area contributed by atoms with Gasteiger partial charge in [0.15, 0.2) is 0 Å². The molecule has 0 fully saturated rings. The zero-order chi connectivity index (χ0) is 9.11. The van der Waals surface area contributed by atoms with E-state index in [2.05, 4.69) is 16.1 Å². The fourth-order valence-corrected chi connectivity index (χ4v) is 0.201. The summed E-state index contributed by atoms with van der Waals surface area (Å²) in [5, 5.41) is 0. The molecule has 0 saturated carbocycles. The maximum absolute atomic E-state index is 10.1. The van der Waals surface area contributed by atoms with Gasteiger partial charge in [0.25, 0.3) is 6.47 Å². The van der Waals surface area contributed by atoms with Gasteiger partial charge in [-0.05, 0) is 6.92 Å². The Morgan fingerprint density at radius 2 is 2.09 bits per heavy atom. The van der Waals surface area contributed by atoms with E-state index in [4.69, 9.17) is 4.79 Å². The van der Waals surface area contributed by atoms with Gasteiger partial charge in [0, 0.05) is 6.08 Å². The maximum Gasteiger partial charge on any atom is 0.330 e. The predicted molar refractivity (Wildman–Crippen MR) is 39.9 cm³/mol. The van der Waals surface area contributed by atoms with E-state index in [1.165, 1.54) is 7.11 Å². The van der Waals surface area contributed by atoms with Gasteiger partial charge in [-0.1, -0.05) is 6.58 Å². The molecule has 0 radical (unpaired) electrons. The van der Waals surface area contributed by atoms with Crippen LogP contribution in [-0.4, -0.2) is 26.2 Å². The van der Waals surface area contributed by atoms with Crippen LogP contribution in [0.3, 0.4) is 0 Å². The SMILES string of the molecule is C=CC(=O)OCC.COC=O. The molecule has 0 heterocycles. The van der Waals surface area contributed by atoms with Crippen molar-refractivity contribution in [3.05, 3.63) is 12.7 Å². The van der Waals surface area contributed by atoms with E-state index in [0.717, 1.165) is 6.08 Å². The topological polar surface area (TPSA) is 52.6 Å². The number of esters is 1. The van der Waals surface area contributed by atoms with Crippen molar-refractivity contribution < 1.29 is 19.1 Å². The van der Waals surface area contributed by atoms with Gasteiger partial charge >= 0.3 is 5.97 Å². The van der Waals surface area contributed by atoms with Crippen LogP contribution in [0, 0.1) is 0 Å². The highest BCUT2D eigenvalue weighted by Crippen LogP contribution is 1.74. The van der Waals surface area contributed by atoms with E-state index in [9.17, 15) is 4.79 Å². The third-order valence-corrected chi connectivity index (χ3v) is 0.549. The van der Waals surface area contributed by atoms with Gasteiger partial charge in [0.1, 0.15) is 0 Å². The summed E-state index contributed by atoms with van der Waals surface area (Å²) in [5.74, 6) is -0.359. The van der Waals surface area contributed by atoms with E-state index >= 15 is 0 Å². The zero-order valence-electron chi connectivity index (χ0n) is 6.70. The van der Waals surface area contributed by atoms with Crippen molar-refractivity contribution in [2.45, 2.75) is 6.92 Å². The fourth-order valence-electron chi connectivity index (χ4n) is 0.201. The Morgan fingerprint density at radius 1 is 1.64 bits per heavy atom. The van der Waals surface area contributed by atoms with Crippen LogP contribution in [0.1, 0.15) is 6.92 Å². The molecule has 4 heteroatoms. The average Bonchev–Trinajstić information content (AvgIpc) is 2.05. The largest absolute Gasteiger partial charge is 0.471 e. The fraction of sp³-hybridized carbons (Fsp3) is 0.429. The lowest BCUT2D eigenvalue weighted by Crippen LogP contribution is -1.97. The minimum atomic E-state index is -0.359. The molecule has 0 aromatic carbocycles. The van der Waals surface area contributed by atoms with Crippen molar-refractivity contribution in [3.8, 4) is 0 Å². The second-order valence-corrected chi connectivity index (χ2v) is 1.29. The highest BCUT2D eigenvalue weighted by atomic mass is 16.5. The lowest BCUT2D eigenvalue weighted by Gasteiger charge is -1.90. The number of carbonyl (C=O) groups excluding carboxylic acids is 2. The Bertz CT molecular complexity index is 120. The number of hydrogen-bond donors (Lipinski definition) is 0. The second-order valence-electron chi connectivity index (χ2n) is 1.29. The molecule has 0 aliphatic rings. The van der Waals surface area contributed by atoms with Crippen molar-refractivity contribution in [3.63, 3.8) is 0 Å². The van der Waals surface area contributed by atoms with Gasteiger partial charge in [-0.3, -0.25) is 4.79 Å². The average molecular weight is 160 g/mol. The molecule has 64 valence electrons. The summed E-state index contributed by atoms with van der Waals surface area (Å²) in [7, 11) is 1.31. The number of carbonyl (C=O) groups is 2. The van der Waals surface area contributed by atoms with Crippen molar-refractivity contribution in [1.82, 2.24) is 0 Å². The first kappa shape index (κ1) is 12.4. The maximum atomic E-state index is 10.1. The lowest BCUT2D eigenvalue weighted by molar-refractivity contribution is -0.137. The first-order chi connectivity index (χ1) is 5.22. The van der Waals surface area contributed by atoms with Crippen LogP contribution in [0.25, 0.3) is 0 Å². The molecule has 4 nitrogen and oxygen atoms in total. The van der Waals surface area contributed by atoms with Crippen LogP contribution in [0.5, 0.6) is 0 Å². The van der Waals surface area contributed by atoms with Crippen LogP contribution < -0.4 is 0 Å². The summed E-state index contributed by atoms with van der Waals surface area (Å²) >= 11 is 0. The number of methoxy groups -OCH3 is 1. The molecule has 0 amide bonds. The van der Waals surface area contributed by atoms with E-state index in [1.54, 1.807) is 6.92 Å². The summed E-state index contributed by atoms with van der Waals surface area (Å²) < 4.78 is 8.30. The summed E-state index contributed by atoms with van der Waals surface area (Å²) in [6.45, 7) is 5.75. The van der Waals surface area contributed by atoms with Gasteiger partial charge in [-0.15, -0.1) is 0 Å². The summed E-state index contributed by atoms with van der Waals surface area (Å²) in [4.78, 5) is 19.0. The van der Waals surface area contributed by atoms with E-state index < -0.39 is 0 Å². The van der Waals surface area contributed by atoms with E-state index in [-0.39, 0.29) is 5.97 Å². The zero-order valence-corrected chi connectivity index (χ0v) is 6.70. The Morgan fingerprint density at radius 3 is 2.18 bits per heavy atom. The van der Waals surface area contributed by atoms with Gasteiger partial charge in [-0.2, -0.15) is 0 Å². The summed E-state index contributed by atoms with van der Waals surface area (Å²) in [5.41, 5.74) is 0. The van der Waals surface area contributed by atoms with Crippen LogP contribution in [0.2, 0.25) is 0 Å². The smallest absolute Gasteiger partial charge is 0.330 e. The molecular weight excluding hydrogens is 148 g/mol. The third kappa shape index (κ3) is 17.7. The van der Waals surface area contributed by atoms with Crippen LogP contribution >= 0.6 is 0 Å². The minimum absolute atomic E-state index is 0.359. The predicted octanol–water partition coefficient (Wildman–Crippen LogP) is 0.525. The normalized spacial score (nSPS) is 6.73. The number of hydrogen-bond acceptors (Lipinski definition) is 4. The monoisotopic (exact) mass is 160 g/mol. The standard InChI is InChI=1S/C5H8O2.C2H4O2/c1-3-5(6)7-4-2;1-4-2-3/h3H,1,4H2,2H3;2H,1H3. The Hall–Kier alpha value is -1.32. The quantitative estimate of drug-likeness (QED) is 0.343. The van der Waals surface area contributed by atoms with Crippen molar-refractivity contribution in [2.75, 3.05) is 13.7 Å². The Labute approximate surface area is 65.8 Å². The van der Waals surface area contributed by atoms with E-state index in [1.807, 2.05) is 0 Å². The molecule has 0 rings (SSSR count). The number of rotatable bonds is 3. The molecule has 0 saturated heterocycles. The summed E-state index contributed by atoms with van der Waals surface area (Å²) in [6.07, 6.45) is 1.14. The molecule has 0 aliphatic carbocycles. The van der Waals surface area contributed by atoms with Gasteiger partial charge < -0.3 is 9.47 Å². The van der Waals surface area contributed by atoms with Gasteiger partial charge in [-0.25, -0.2) is 4.79 Å². The van der Waals surface area contributed by atoms with Gasteiger partial charge in [0.05, 0.1) is 13.7 Å². The molecule has 0 N–H and O–H groups in total. The molecule has 0 atom stereocenters. The van der Waals surface area contributed by atoms with Crippen molar-refractivity contribution in [1.29, 1.82) is 0 Å². The van der Waals surface area contributed by atoms with Crippen molar-refractivity contribution in [2.24, 2.45) is 0 Å². The molecule has 0 aromatic rings. The number of ether oxygens (including phenoxy) is 2.